The van der Waals surface area contributed by atoms with Gasteiger partial charge in [0.25, 0.3) is 11.5 Å². The number of fused-ring (bicyclic) bond motifs is 1. The first-order valence-corrected chi connectivity index (χ1v) is 12.7. The summed E-state index contributed by atoms with van der Waals surface area (Å²) in [5.74, 6) is -0.104. The van der Waals surface area contributed by atoms with Crippen molar-refractivity contribution in [3.63, 3.8) is 0 Å². The van der Waals surface area contributed by atoms with E-state index in [0.717, 1.165) is 80.0 Å². The van der Waals surface area contributed by atoms with Crippen LogP contribution in [0.5, 0.6) is 0 Å². The number of piperazine rings is 1. The molecule has 3 aromatic rings. The largest absolute Gasteiger partial charge is 0.381 e. The number of anilines is 1. The van der Waals surface area contributed by atoms with Gasteiger partial charge in [-0.2, -0.15) is 0 Å². The van der Waals surface area contributed by atoms with E-state index in [4.69, 9.17) is 4.74 Å². The SMILES string of the molecule is CCc1cc2ncc(CN3CCN(c4ccc(C(=O)/N=C/C5CCCOC5)nc4)CC3)cc2[nH]c1=O. The fourth-order valence-electron chi connectivity index (χ4n) is 4.76. The Balaban J connectivity index is 1.15. The van der Waals surface area contributed by atoms with Crippen molar-refractivity contribution < 1.29 is 9.53 Å². The number of aromatic nitrogens is 3. The number of ether oxygens (including phenoxy) is 1. The van der Waals surface area contributed by atoms with E-state index in [1.165, 1.54) is 0 Å². The zero-order valence-corrected chi connectivity index (χ0v) is 20.7. The van der Waals surface area contributed by atoms with Crippen molar-refractivity contribution in [3.8, 4) is 0 Å². The lowest BCUT2D eigenvalue weighted by molar-refractivity contribution is 0.0780. The van der Waals surface area contributed by atoms with Crippen molar-refractivity contribution in [2.45, 2.75) is 32.7 Å². The lowest BCUT2D eigenvalue weighted by Crippen LogP contribution is -2.46. The summed E-state index contributed by atoms with van der Waals surface area (Å²) in [6.45, 7) is 7.71. The Morgan fingerprint density at radius 2 is 2.06 bits per heavy atom. The van der Waals surface area contributed by atoms with Crippen LogP contribution in [0, 0.1) is 5.92 Å². The third-order valence-corrected chi connectivity index (χ3v) is 6.92. The number of nitrogens with one attached hydrogen (secondary N) is 1. The molecule has 2 aliphatic rings. The summed E-state index contributed by atoms with van der Waals surface area (Å²) in [7, 11) is 0. The van der Waals surface area contributed by atoms with E-state index in [1.807, 2.05) is 31.3 Å². The van der Waals surface area contributed by atoms with Gasteiger partial charge in [0.15, 0.2) is 0 Å². The maximum Gasteiger partial charge on any atom is 0.295 e. The van der Waals surface area contributed by atoms with Crippen LogP contribution in [0.2, 0.25) is 0 Å². The second kappa shape index (κ2) is 11.1. The molecule has 9 heteroatoms. The van der Waals surface area contributed by atoms with Gasteiger partial charge in [0.1, 0.15) is 5.69 Å². The van der Waals surface area contributed by atoms with Crippen LogP contribution in [-0.2, 0) is 17.7 Å². The van der Waals surface area contributed by atoms with Crippen molar-refractivity contribution in [2.24, 2.45) is 10.9 Å². The van der Waals surface area contributed by atoms with Gasteiger partial charge in [0, 0.05) is 63.2 Å². The summed E-state index contributed by atoms with van der Waals surface area (Å²) in [6.07, 6.45) is 8.07. The Morgan fingerprint density at radius 1 is 1.19 bits per heavy atom. The van der Waals surface area contributed by atoms with Gasteiger partial charge >= 0.3 is 0 Å². The second-order valence-corrected chi connectivity index (χ2v) is 9.48. The molecule has 0 radical (unpaired) electrons. The maximum atomic E-state index is 12.4. The monoisotopic (exact) mass is 488 g/mol. The van der Waals surface area contributed by atoms with Crippen LogP contribution in [0.25, 0.3) is 11.0 Å². The van der Waals surface area contributed by atoms with Gasteiger partial charge in [-0.3, -0.25) is 19.5 Å². The molecule has 5 heterocycles. The van der Waals surface area contributed by atoms with Crippen molar-refractivity contribution in [3.05, 3.63) is 63.8 Å². The number of aryl methyl sites for hydroxylation is 1. The molecule has 5 rings (SSSR count). The van der Waals surface area contributed by atoms with Gasteiger partial charge < -0.3 is 14.6 Å². The summed E-state index contributed by atoms with van der Waals surface area (Å²) in [5, 5.41) is 0. The van der Waals surface area contributed by atoms with Gasteiger partial charge in [-0.1, -0.05) is 6.92 Å². The molecule has 1 amide bonds. The molecule has 2 fully saturated rings. The second-order valence-electron chi connectivity index (χ2n) is 9.48. The molecule has 3 aromatic heterocycles. The van der Waals surface area contributed by atoms with Crippen molar-refractivity contribution in [2.75, 3.05) is 44.3 Å². The highest BCUT2D eigenvalue weighted by molar-refractivity contribution is 5.97. The summed E-state index contributed by atoms with van der Waals surface area (Å²) in [6, 6.07) is 7.61. The molecule has 2 aliphatic heterocycles. The van der Waals surface area contributed by atoms with Gasteiger partial charge in [0.05, 0.1) is 29.5 Å². The van der Waals surface area contributed by atoms with Crippen LogP contribution in [-0.4, -0.2) is 71.4 Å². The Hall–Kier alpha value is -3.43. The molecule has 1 atom stereocenters. The molecular weight excluding hydrogens is 456 g/mol. The predicted octanol–water partition coefficient (Wildman–Crippen LogP) is 2.84. The van der Waals surface area contributed by atoms with Crippen molar-refractivity contribution in [1.82, 2.24) is 19.9 Å². The van der Waals surface area contributed by atoms with E-state index >= 15 is 0 Å². The number of nitrogens with zero attached hydrogens (tertiary/aromatic N) is 5. The van der Waals surface area contributed by atoms with Gasteiger partial charge in [-0.25, -0.2) is 9.98 Å². The quantitative estimate of drug-likeness (QED) is 0.532. The molecule has 0 spiro atoms. The highest BCUT2D eigenvalue weighted by Gasteiger charge is 2.19. The van der Waals surface area contributed by atoms with E-state index in [9.17, 15) is 9.59 Å². The van der Waals surface area contributed by atoms with Crippen LogP contribution in [0.4, 0.5) is 5.69 Å². The standard InChI is InChI=1S/C27H32N6O3/c1-2-21-13-24-25(31-26(21)34)12-20(15-28-24)17-32-7-9-33(10-8-32)22-5-6-23(29-16-22)27(35)30-14-19-4-3-11-36-18-19/h5-6,12-16,19H,2-4,7-11,17-18H2,1H3,(H,31,34)/b30-14+. The Morgan fingerprint density at radius 3 is 2.78 bits per heavy atom. The van der Waals surface area contributed by atoms with Crippen molar-refractivity contribution in [1.29, 1.82) is 0 Å². The lowest BCUT2D eigenvalue weighted by Gasteiger charge is -2.36. The molecule has 0 aromatic carbocycles. The number of amides is 1. The van der Waals surface area contributed by atoms with Crippen LogP contribution < -0.4 is 10.5 Å². The first-order valence-electron chi connectivity index (χ1n) is 12.7. The number of aliphatic imine (C=N–C) groups is 1. The zero-order valence-electron chi connectivity index (χ0n) is 20.7. The fraction of sp³-hybridized carbons (Fsp3) is 0.444. The van der Waals surface area contributed by atoms with Crippen LogP contribution in [0.1, 0.15) is 41.4 Å². The Bertz CT molecular complexity index is 1290. The first-order chi connectivity index (χ1) is 17.6. The molecule has 0 saturated carbocycles. The number of hydrogen-bond donors (Lipinski definition) is 1. The van der Waals surface area contributed by atoms with E-state index < -0.39 is 0 Å². The number of pyridine rings is 3. The molecular formula is C27H32N6O3. The number of rotatable bonds is 6. The molecule has 188 valence electrons. The highest BCUT2D eigenvalue weighted by atomic mass is 16.5. The molecule has 2 saturated heterocycles. The summed E-state index contributed by atoms with van der Waals surface area (Å²) < 4.78 is 5.43. The smallest absolute Gasteiger partial charge is 0.295 e. The fourth-order valence-corrected chi connectivity index (χ4v) is 4.76. The number of carbonyl (C=O) groups excluding carboxylic acids is 1. The zero-order chi connectivity index (χ0) is 24.9. The molecule has 1 N–H and O–H groups in total. The molecule has 0 aliphatic carbocycles. The number of H-pyrrole nitrogens is 1. The van der Waals surface area contributed by atoms with E-state index in [2.05, 4.69) is 29.7 Å². The minimum atomic E-state index is -0.312. The van der Waals surface area contributed by atoms with Crippen LogP contribution >= 0.6 is 0 Å². The van der Waals surface area contributed by atoms with Crippen LogP contribution in [0.3, 0.4) is 0 Å². The van der Waals surface area contributed by atoms with E-state index in [1.54, 1.807) is 18.5 Å². The molecule has 9 nitrogen and oxygen atoms in total. The predicted molar refractivity (Wildman–Crippen MR) is 140 cm³/mol. The molecule has 1 unspecified atom stereocenters. The van der Waals surface area contributed by atoms with Crippen LogP contribution in [0.15, 0.2) is 46.4 Å². The van der Waals surface area contributed by atoms with E-state index in [-0.39, 0.29) is 17.4 Å². The minimum absolute atomic E-state index is 0.0375. The first kappa shape index (κ1) is 24.3. The van der Waals surface area contributed by atoms with Gasteiger partial charge in [0.2, 0.25) is 0 Å². The number of hydrogen-bond acceptors (Lipinski definition) is 7. The maximum absolute atomic E-state index is 12.4. The van der Waals surface area contributed by atoms with Gasteiger partial charge in [-0.05, 0) is 49.1 Å². The molecule has 36 heavy (non-hydrogen) atoms. The van der Waals surface area contributed by atoms with Gasteiger partial charge in [-0.15, -0.1) is 0 Å². The van der Waals surface area contributed by atoms with E-state index in [0.29, 0.717) is 18.7 Å². The highest BCUT2D eigenvalue weighted by Crippen LogP contribution is 2.19. The summed E-state index contributed by atoms with van der Waals surface area (Å²) in [4.78, 5) is 45.2. The minimum Gasteiger partial charge on any atom is -0.381 e. The Labute approximate surface area is 210 Å². The number of carbonyl (C=O) groups is 1. The number of aromatic amines is 1. The average molecular weight is 489 g/mol. The summed E-state index contributed by atoms with van der Waals surface area (Å²) in [5.41, 5.74) is 4.78. The molecule has 0 bridgehead atoms. The normalized spacial score (nSPS) is 19.2. The third-order valence-electron chi connectivity index (χ3n) is 6.92. The van der Waals surface area contributed by atoms with Crippen molar-refractivity contribution >= 4 is 28.8 Å². The lowest BCUT2D eigenvalue weighted by atomic mass is 10.0. The average Bonchev–Trinajstić information content (AvgIpc) is 2.92. The Kier molecular flexibility index (Phi) is 7.48. The topological polar surface area (TPSA) is 104 Å². The summed E-state index contributed by atoms with van der Waals surface area (Å²) >= 11 is 0. The third kappa shape index (κ3) is 5.68.